The number of rotatable bonds is 7. The number of amides is 1. The molecule has 0 bridgehead atoms. The maximum absolute atomic E-state index is 10.5. The Morgan fingerprint density at radius 2 is 2.05 bits per heavy atom. The molecule has 1 aromatic rings. The number of aryl methyl sites for hydroxylation is 1. The van der Waals surface area contributed by atoms with Gasteiger partial charge in [0.15, 0.2) is 5.82 Å². The second-order valence-corrected chi connectivity index (χ2v) is 4.38. The Labute approximate surface area is 116 Å². The minimum atomic E-state index is -0.505. The molecule has 0 fully saturated rings. The van der Waals surface area contributed by atoms with Gasteiger partial charge >= 0.3 is 0 Å². The first-order valence-electron chi connectivity index (χ1n) is 5.67. The van der Waals surface area contributed by atoms with Crippen LogP contribution in [0.5, 0.6) is 0 Å². The minimum Gasteiger partial charge on any atom is -0.389 e. The number of thiocarbonyl (C=S) groups is 1. The van der Waals surface area contributed by atoms with E-state index in [1.807, 2.05) is 13.8 Å². The lowest BCUT2D eigenvalue weighted by molar-refractivity contribution is -0.122. The molecule has 1 rings (SSSR count). The first kappa shape index (κ1) is 15.3. The van der Waals surface area contributed by atoms with Crippen molar-refractivity contribution in [1.82, 2.24) is 10.2 Å². The highest BCUT2D eigenvalue weighted by atomic mass is 32.1. The molecule has 1 amide bonds. The monoisotopic (exact) mass is 283 g/mol. The number of anilines is 1. The smallest absolute Gasteiger partial charge is 0.243 e. The highest BCUT2D eigenvalue weighted by molar-refractivity contribution is 7.80. The van der Waals surface area contributed by atoms with Gasteiger partial charge in [-0.2, -0.15) is 5.10 Å². The number of nitrogens with zero attached hydrogens (tertiary/aromatic N) is 2. The van der Waals surface area contributed by atoms with E-state index < -0.39 is 5.91 Å². The molecule has 8 heteroatoms. The van der Waals surface area contributed by atoms with Gasteiger partial charge in [-0.1, -0.05) is 12.2 Å². The molecule has 7 nitrogen and oxygen atoms in total. The maximum atomic E-state index is 10.5. The fourth-order valence-electron chi connectivity index (χ4n) is 1.45. The molecular formula is C11H17N5O2S. The predicted molar refractivity (Wildman–Crippen MR) is 75.9 cm³/mol. The third kappa shape index (κ3) is 4.42. The molecule has 0 saturated heterocycles. The first-order chi connectivity index (χ1) is 8.93. The van der Waals surface area contributed by atoms with Crippen LogP contribution in [0.25, 0.3) is 0 Å². The van der Waals surface area contributed by atoms with Gasteiger partial charge in [-0.05, 0) is 19.4 Å². The van der Waals surface area contributed by atoms with E-state index in [9.17, 15) is 4.79 Å². The summed E-state index contributed by atoms with van der Waals surface area (Å²) in [6, 6.07) is 0. The van der Waals surface area contributed by atoms with E-state index in [-0.39, 0.29) is 11.6 Å². The van der Waals surface area contributed by atoms with Crippen molar-refractivity contribution in [3.05, 3.63) is 16.8 Å². The first-order valence-corrected chi connectivity index (χ1v) is 6.08. The molecule has 0 aliphatic rings. The summed E-state index contributed by atoms with van der Waals surface area (Å²) in [7, 11) is 0. The number of nitrogens with one attached hydrogen (secondary N) is 1. The molecule has 0 radical (unpaired) electrons. The number of carbonyl (C=O) groups is 1. The third-order valence-electron chi connectivity index (χ3n) is 2.48. The fourth-order valence-corrected chi connectivity index (χ4v) is 1.70. The van der Waals surface area contributed by atoms with Crippen LogP contribution < -0.4 is 16.8 Å². The average Bonchev–Trinajstić information content (AvgIpc) is 2.32. The molecule has 0 aromatic carbocycles. The van der Waals surface area contributed by atoms with Gasteiger partial charge in [-0.3, -0.25) is 4.79 Å². The van der Waals surface area contributed by atoms with Crippen molar-refractivity contribution in [2.75, 3.05) is 25.1 Å². The molecule has 104 valence electrons. The summed E-state index contributed by atoms with van der Waals surface area (Å²) >= 11 is 5.01. The Kier molecular flexibility index (Phi) is 5.58. The molecule has 1 aromatic heterocycles. The normalized spacial score (nSPS) is 10.2. The molecular weight excluding hydrogens is 266 g/mol. The van der Waals surface area contributed by atoms with E-state index in [2.05, 4.69) is 15.5 Å². The molecule has 1 heterocycles. The van der Waals surface area contributed by atoms with Crippen LogP contribution in [0.4, 0.5) is 5.82 Å². The van der Waals surface area contributed by atoms with E-state index >= 15 is 0 Å². The van der Waals surface area contributed by atoms with E-state index in [1.54, 1.807) is 0 Å². The summed E-state index contributed by atoms with van der Waals surface area (Å²) in [5, 5.41) is 11.0. The highest BCUT2D eigenvalue weighted by Gasteiger charge is 2.13. The van der Waals surface area contributed by atoms with Gasteiger partial charge in [0.1, 0.15) is 11.6 Å². The number of hydrogen-bond donors (Lipinski definition) is 3. The van der Waals surface area contributed by atoms with Crippen LogP contribution >= 0.6 is 12.2 Å². The Morgan fingerprint density at radius 3 is 2.63 bits per heavy atom. The van der Waals surface area contributed by atoms with Crippen LogP contribution in [-0.2, 0) is 9.53 Å². The zero-order valence-corrected chi connectivity index (χ0v) is 11.7. The molecule has 0 unspecified atom stereocenters. The summed E-state index contributed by atoms with van der Waals surface area (Å²) in [5.74, 6) is 0.00747. The van der Waals surface area contributed by atoms with Gasteiger partial charge in [0.25, 0.3) is 0 Å². The van der Waals surface area contributed by atoms with Crippen molar-refractivity contribution in [2.24, 2.45) is 11.5 Å². The number of primary amides is 1. The topological polar surface area (TPSA) is 116 Å². The Bertz CT molecular complexity index is 492. The molecule has 5 N–H and O–H groups in total. The largest absolute Gasteiger partial charge is 0.389 e. The van der Waals surface area contributed by atoms with E-state index in [4.69, 9.17) is 28.4 Å². The van der Waals surface area contributed by atoms with Crippen LogP contribution in [0.15, 0.2) is 0 Å². The minimum absolute atomic E-state index is 0.109. The summed E-state index contributed by atoms with van der Waals surface area (Å²) < 4.78 is 5.02. The van der Waals surface area contributed by atoms with Crippen molar-refractivity contribution < 1.29 is 9.53 Å². The van der Waals surface area contributed by atoms with E-state index in [1.165, 1.54) is 0 Å². The average molecular weight is 283 g/mol. The summed E-state index contributed by atoms with van der Waals surface area (Å²) in [4.78, 5) is 10.7. The number of carbonyl (C=O) groups excluding carboxylic acids is 1. The molecule has 19 heavy (non-hydrogen) atoms. The lowest BCUT2D eigenvalue weighted by Crippen LogP contribution is -2.22. The van der Waals surface area contributed by atoms with Crippen LogP contribution in [0.1, 0.15) is 16.8 Å². The van der Waals surface area contributed by atoms with Crippen LogP contribution in [0.2, 0.25) is 0 Å². The lowest BCUT2D eigenvalue weighted by atomic mass is 10.1. The second kappa shape index (κ2) is 6.95. The molecule has 0 aliphatic heterocycles. The lowest BCUT2D eigenvalue weighted by Gasteiger charge is -2.13. The Hall–Kier alpha value is -1.80. The van der Waals surface area contributed by atoms with Gasteiger partial charge in [0.2, 0.25) is 5.91 Å². The van der Waals surface area contributed by atoms with Crippen LogP contribution in [-0.4, -0.2) is 40.9 Å². The number of nitrogens with two attached hydrogens (primary N) is 2. The maximum Gasteiger partial charge on any atom is 0.243 e. The molecule has 0 aliphatic carbocycles. The predicted octanol–water partition coefficient (Wildman–Crippen LogP) is -0.359. The SMILES string of the molecule is Cc1nnc(NCCOCC(N)=O)c(C(N)=S)c1C. The molecule has 0 spiro atoms. The number of ether oxygens (including phenoxy) is 1. The number of hydrogen-bond acceptors (Lipinski definition) is 6. The molecule has 0 atom stereocenters. The quantitative estimate of drug-likeness (QED) is 0.462. The summed E-state index contributed by atoms with van der Waals surface area (Å²) in [5.41, 5.74) is 13.0. The fraction of sp³-hybridized carbons (Fsp3) is 0.455. The van der Waals surface area contributed by atoms with Crippen molar-refractivity contribution in [2.45, 2.75) is 13.8 Å². The van der Waals surface area contributed by atoms with Crippen LogP contribution in [0, 0.1) is 13.8 Å². The van der Waals surface area contributed by atoms with Crippen molar-refractivity contribution in [3.63, 3.8) is 0 Å². The van der Waals surface area contributed by atoms with Crippen molar-refractivity contribution in [3.8, 4) is 0 Å². The standard InChI is InChI=1S/C11H17N5O2S/c1-6-7(2)15-16-11(9(6)10(13)19)14-3-4-18-5-8(12)17/h3-5H2,1-2H3,(H2,12,17)(H2,13,19)(H,14,16). The summed E-state index contributed by atoms with van der Waals surface area (Å²) in [6.45, 7) is 4.37. The van der Waals surface area contributed by atoms with Gasteiger partial charge < -0.3 is 21.5 Å². The van der Waals surface area contributed by atoms with E-state index in [0.717, 1.165) is 11.3 Å². The van der Waals surface area contributed by atoms with Crippen molar-refractivity contribution >= 4 is 28.9 Å². The molecule has 0 saturated carbocycles. The Balaban J connectivity index is 2.66. The third-order valence-corrected chi connectivity index (χ3v) is 2.69. The zero-order valence-electron chi connectivity index (χ0n) is 10.9. The number of aromatic nitrogens is 2. The van der Waals surface area contributed by atoms with E-state index in [0.29, 0.717) is 24.5 Å². The second-order valence-electron chi connectivity index (χ2n) is 3.94. The highest BCUT2D eigenvalue weighted by Crippen LogP contribution is 2.17. The van der Waals surface area contributed by atoms with Gasteiger partial charge in [-0.15, -0.1) is 5.10 Å². The Morgan fingerprint density at radius 1 is 1.37 bits per heavy atom. The van der Waals surface area contributed by atoms with Crippen molar-refractivity contribution in [1.29, 1.82) is 0 Å². The van der Waals surface area contributed by atoms with Gasteiger partial charge in [0.05, 0.1) is 17.9 Å². The van der Waals surface area contributed by atoms with Gasteiger partial charge in [0, 0.05) is 6.54 Å². The summed E-state index contributed by atoms with van der Waals surface area (Å²) in [6.07, 6.45) is 0. The van der Waals surface area contributed by atoms with Crippen LogP contribution in [0.3, 0.4) is 0 Å². The van der Waals surface area contributed by atoms with Gasteiger partial charge in [-0.25, -0.2) is 0 Å². The zero-order chi connectivity index (χ0) is 14.4.